The van der Waals surface area contributed by atoms with Crippen molar-refractivity contribution in [3.05, 3.63) is 23.8 Å². The van der Waals surface area contributed by atoms with Crippen molar-refractivity contribution in [2.75, 3.05) is 31.5 Å². The van der Waals surface area contributed by atoms with Gasteiger partial charge < -0.3 is 10.2 Å². The zero-order valence-corrected chi connectivity index (χ0v) is 17.3. The van der Waals surface area contributed by atoms with Crippen LogP contribution in [0.3, 0.4) is 0 Å². The largest absolute Gasteiger partial charge is 0.337 e. The molecular weight excluding hydrogens is 360 g/mol. The first-order valence-electron chi connectivity index (χ1n) is 9.41. The minimum absolute atomic E-state index is 0.120. The van der Waals surface area contributed by atoms with Gasteiger partial charge in [-0.3, -0.25) is 5.32 Å². The van der Waals surface area contributed by atoms with Gasteiger partial charge in [0.05, 0.1) is 16.3 Å². The highest BCUT2D eigenvalue weighted by Crippen LogP contribution is 2.32. The number of anilines is 1. The Bertz CT molecular complexity index is 792. The molecule has 3 heterocycles. The number of nitrogens with zero attached hydrogens (tertiary/aromatic N) is 4. The predicted octanol–water partition coefficient (Wildman–Crippen LogP) is 3.42. The molecule has 0 saturated carbocycles. The highest BCUT2D eigenvalue weighted by Gasteiger charge is 2.20. The summed E-state index contributed by atoms with van der Waals surface area (Å²) in [7, 11) is 0. The van der Waals surface area contributed by atoms with E-state index < -0.39 is 0 Å². The Kier molecular flexibility index (Phi) is 6.06. The summed E-state index contributed by atoms with van der Waals surface area (Å²) < 4.78 is 0. The van der Waals surface area contributed by atoms with E-state index in [1.54, 1.807) is 6.20 Å². The smallest absolute Gasteiger partial charge is 0.321 e. The summed E-state index contributed by atoms with van der Waals surface area (Å²) in [5.41, 5.74) is 1.57. The summed E-state index contributed by atoms with van der Waals surface area (Å²) in [6, 6.07) is 1.67. The minimum Gasteiger partial charge on any atom is -0.337 e. The van der Waals surface area contributed by atoms with Crippen molar-refractivity contribution in [2.24, 2.45) is 0 Å². The fourth-order valence-corrected chi connectivity index (χ4v) is 3.94. The Balaban J connectivity index is 1.61. The molecule has 27 heavy (non-hydrogen) atoms. The molecule has 146 valence electrons. The number of hydrogen-bond donors (Lipinski definition) is 2. The number of carbonyl (C=O) groups is 1. The third-order valence-electron chi connectivity index (χ3n) is 4.49. The van der Waals surface area contributed by atoms with Crippen molar-refractivity contribution in [1.29, 1.82) is 0 Å². The summed E-state index contributed by atoms with van der Waals surface area (Å²) in [5.74, 6) is 0.793. The van der Waals surface area contributed by atoms with Crippen LogP contribution in [0.25, 0.3) is 10.6 Å². The van der Waals surface area contributed by atoms with Crippen LogP contribution in [0.4, 0.5) is 9.93 Å². The summed E-state index contributed by atoms with van der Waals surface area (Å²) in [6.07, 6.45) is 4.29. The van der Waals surface area contributed by atoms with Gasteiger partial charge in [0.25, 0.3) is 0 Å². The highest BCUT2D eigenvalue weighted by molar-refractivity contribution is 7.19. The Morgan fingerprint density at radius 2 is 2.00 bits per heavy atom. The Hall–Kier alpha value is -2.06. The van der Waals surface area contributed by atoms with Gasteiger partial charge in [0.2, 0.25) is 0 Å². The number of rotatable bonds is 5. The molecule has 2 N–H and O–H groups in total. The normalized spacial score (nSPS) is 15.1. The summed E-state index contributed by atoms with van der Waals surface area (Å²) in [5, 5.41) is 6.32. The quantitative estimate of drug-likeness (QED) is 0.820. The van der Waals surface area contributed by atoms with E-state index in [9.17, 15) is 4.79 Å². The van der Waals surface area contributed by atoms with E-state index in [0.29, 0.717) is 11.7 Å². The van der Waals surface area contributed by atoms with E-state index in [4.69, 9.17) is 0 Å². The molecule has 0 bridgehead atoms. The number of hydrogen-bond acceptors (Lipinski definition) is 6. The second-order valence-corrected chi connectivity index (χ2v) is 8.88. The van der Waals surface area contributed by atoms with Gasteiger partial charge in [-0.2, -0.15) is 0 Å². The van der Waals surface area contributed by atoms with Crippen molar-refractivity contribution >= 4 is 22.5 Å². The van der Waals surface area contributed by atoms with Crippen LogP contribution in [-0.2, 0) is 5.41 Å². The molecular formula is C19H28N6OS. The third kappa shape index (κ3) is 5.23. The number of aryl methyl sites for hydroxylation is 1. The van der Waals surface area contributed by atoms with E-state index in [1.165, 1.54) is 24.2 Å². The molecule has 1 aliphatic rings. The van der Waals surface area contributed by atoms with Crippen LogP contribution in [0.15, 0.2) is 12.3 Å². The van der Waals surface area contributed by atoms with Crippen LogP contribution >= 0.6 is 11.3 Å². The molecule has 0 unspecified atom stereocenters. The standard InChI is InChI=1S/C19H28N6OS/c1-13-15(14-7-8-20-16(23-14)19(2,3)4)27-18(22-13)24-17(26)21-9-12-25-10-5-6-11-25/h7-8H,5-6,9-12H2,1-4H3,(H2,21,22,24,26). The molecule has 1 aliphatic heterocycles. The van der Waals surface area contributed by atoms with Crippen LogP contribution in [0.2, 0.25) is 0 Å². The number of urea groups is 1. The molecule has 0 radical (unpaired) electrons. The highest BCUT2D eigenvalue weighted by atomic mass is 32.1. The fraction of sp³-hybridized carbons (Fsp3) is 0.579. The molecule has 1 fully saturated rings. The Morgan fingerprint density at radius 3 is 2.70 bits per heavy atom. The van der Waals surface area contributed by atoms with E-state index in [2.05, 4.69) is 51.3 Å². The van der Waals surface area contributed by atoms with Gasteiger partial charge in [0.15, 0.2) is 5.13 Å². The van der Waals surface area contributed by atoms with Gasteiger partial charge in [-0.25, -0.2) is 19.7 Å². The first-order chi connectivity index (χ1) is 12.8. The SMILES string of the molecule is Cc1nc(NC(=O)NCCN2CCCC2)sc1-c1ccnc(C(C)(C)C)n1. The number of thiazole rings is 1. The van der Waals surface area contributed by atoms with Gasteiger partial charge >= 0.3 is 6.03 Å². The fourth-order valence-electron chi connectivity index (χ4n) is 3.01. The first kappa shape index (κ1) is 19.7. The lowest BCUT2D eigenvalue weighted by Crippen LogP contribution is -2.35. The Labute approximate surface area is 164 Å². The molecule has 0 aromatic carbocycles. The van der Waals surface area contributed by atoms with Crippen molar-refractivity contribution in [3.63, 3.8) is 0 Å². The van der Waals surface area contributed by atoms with Crippen LogP contribution in [0, 0.1) is 6.92 Å². The van der Waals surface area contributed by atoms with E-state index in [0.717, 1.165) is 41.7 Å². The first-order valence-corrected chi connectivity index (χ1v) is 10.2. The number of likely N-dealkylation sites (tertiary alicyclic amines) is 1. The van der Waals surface area contributed by atoms with Crippen LogP contribution in [-0.4, -0.2) is 52.1 Å². The van der Waals surface area contributed by atoms with E-state index in [-0.39, 0.29) is 11.4 Å². The van der Waals surface area contributed by atoms with Crippen LogP contribution in [0.1, 0.15) is 45.1 Å². The molecule has 8 heteroatoms. The van der Waals surface area contributed by atoms with Crippen LogP contribution in [0.5, 0.6) is 0 Å². The molecule has 2 amide bonds. The predicted molar refractivity (Wildman–Crippen MR) is 109 cm³/mol. The third-order valence-corrected chi connectivity index (χ3v) is 5.58. The molecule has 0 atom stereocenters. The molecule has 0 aliphatic carbocycles. The van der Waals surface area contributed by atoms with Crippen molar-refractivity contribution in [1.82, 2.24) is 25.2 Å². The summed E-state index contributed by atoms with van der Waals surface area (Å²) in [6.45, 7) is 12.0. The Morgan fingerprint density at radius 1 is 1.26 bits per heavy atom. The van der Waals surface area contributed by atoms with E-state index in [1.807, 2.05) is 13.0 Å². The minimum atomic E-state index is -0.215. The number of nitrogens with one attached hydrogen (secondary N) is 2. The number of aromatic nitrogens is 3. The maximum absolute atomic E-state index is 12.1. The zero-order valence-electron chi connectivity index (χ0n) is 16.5. The summed E-state index contributed by atoms with van der Waals surface area (Å²) >= 11 is 1.44. The van der Waals surface area contributed by atoms with Gasteiger partial charge in [0.1, 0.15) is 5.82 Å². The van der Waals surface area contributed by atoms with Gasteiger partial charge in [0, 0.05) is 24.7 Å². The lowest BCUT2D eigenvalue weighted by molar-refractivity contribution is 0.249. The van der Waals surface area contributed by atoms with E-state index >= 15 is 0 Å². The molecule has 1 saturated heterocycles. The number of amides is 2. The lowest BCUT2D eigenvalue weighted by Gasteiger charge is -2.16. The van der Waals surface area contributed by atoms with Crippen molar-refractivity contribution < 1.29 is 4.79 Å². The maximum Gasteiger partial charge on any atom is 0.321 e. The van der Waals surface area contributed by atoms with Gasteiger partial charge in [-0.15, -0.1) is 0 Å². The molecule has 0 spiro atoms. The molecule has 2 aromatic rings. The van der Waals surface area contributed by atoms with Gasteiger partial charge in [-0.1, -0.05) is 32.1 Å². The molecule has 3 rings (SSSR count). The second kappa shape index (κ2) is 8.31. The van der Waals surface area contributed by atoms with Crippen molar-refractivity contribution in [3.8, 4) is 10.6 Å². The lowest BCUT2D eigenvalue weighted by atomic mass is 9.95. The molecule has 7 nitrogen and oxygen atoms in total. The topological polar surface area (TPSA) is 83.0 Å². The van der Waals surface area contributed by atoms with Crippen molar-refractivity contribution in [2.45, 2.75) is 46.0 Å². The summed E-state index contributed by atoms with van der Waals surface area (Å²) in [4.78, 5) is 29.0. The second-order valence-electron chi connectivity index (χ2n) is 7.88. The number of carbonyl (C=O) groups excluding carboxylic acids is 1. The van der Waals surface area contributed by atoms with Crippen LogP contribution < -0.4 is 10.6 Å². The maximum atomic E-state index is 12.1. The van der Waals surface area contributed by atoms with Gasteiger partial charge in [-0.05, 0) is 38.9 Å². The zero-order chi connectivity index (χ0) is 19.4. The molecule has 2 aromatic heterocycles. The average Bonchev–Trinajstić information content (AvgIpc) is 3.24. The monoisotopic (exact) mass is 388 g/mol. The average molecular weight is 389 g/mol.